The lowest BCUT2D eigenvalue weighted by molar-refractivity contribution is 0.628. The third-order valence-electron chi connectivity index (χ3n) is 3.42. The van der Waals surface area contributed by atoms with E-state index in [9.17, 15) is 4.39 Å². The highest BCUT2D eigenvalue weighted by Gasteiger charge is 2.15. The standard InChI is InChI=1S/C15H12ClFN2S/c1-9(11-4-2-3-5-12(11)16)19-14-7-6-10(17)8-13(14)18-15(19)20/h2-9H,1H3,(H,18,20). The molecule has 2 aromatic carbocycles. The Morgan fingerprint density at radius 3 is 2.75 bits per heavy atom. The number of hydrogen-bond donors (Lipinski definition) is 1. The van der Waals surface area contributed by atoms with E-state index in [0.29, 0.717) is 15.3 Å². The van der Waals surface area contributed by atoms with Gasteiger partial charge < -0.3 is 9.55 Å². The van der Waals surface area contributed by atoms with Gasteiger partial charge in [-0.25, -0.2) is 4.39 Å². The Labute approximate surface area is 125 Å². The predicted molar refractivity (Wildman–Crippen MR) is 82.3 cm³/mol. The van der Waals surface area contributed by atoms with Gasteiger partial charge in [0.25, 0.3) is 0 Å². The van der Waals surface area contributed by atoms with Gasteiger partial charge in [0.05, 0.1) is 17.1 Å². The first-order chi connectivity index (χ1) is 9.58. The zero-order valence-corrected chi connectivity index (χ0v) is 12.3. The summed E-state index contributed by atoms with van der Waals surface area (Å²) in [5, 5.41) is 0.693. The fraction of sp³-hybridized carbons (Fsp3) is 0.133. The second-order valence-electron chi connectivity index (χ2n) is 4.66. The molecule has 0 fully saturated rings. The van der Waals surface area contributed by atoms with E-state index in [-0.39, 0.29) is 11.9 Å². The number of aromatic amines is 1. The molecule has 1 atom stereocenters. The summed E-state index contributed by atoms with van der Waals surface area (Å²) in [4.78, 5) is 3.03. The number of aromatic nitrogens is 2. The van der Waals surface area contributed by atoms with Gasteiger partial charge in [-0.1, -0.05) is 29.8 Å². The van der Waals surface area contributed by atoms with Crippen LogP contribution in [0, 0.1) is 10.6 Å². The molecule has 0 aliphatic heterocycles. The van der Waals surface area contributed by atoms with Gasteiger partial charge in [-0.3, -0.25) is 0 Å². The summed E-state index contributed by atoms with van der Waals surface area (Å²) in [6.07, 6.45) is 0. The summed E-state index contributed by atoms with van der Waals surface area (Å²) in [7, 11) is 0. The lowest BCUT2D eigenvalue weighted by Crippen LogP contribution is -2.07. The molecule has 0 radical (unpaired) electrons. The number of fused-ring (bicyclic) bond motifs is 1. The Balaban J connectivity index is 2.22. The van der Waals surface area contributed by atoms with Crippen LogP contribution in [0.25, 0.3) is 11.0 Å². The highest BCUT2D eigenvalue weighted by atomic mass is 35.5. The average molecular weight is 307 g/mol. The van der Waals surface area contributed by atoms with Crippen LogP contribution < -0.4 is 0 Å². The van der Waals surface area contributed by atoms with Crippen molar-refractivity contribution >= 4 is 34.9 Å². The molecule has 1 aromatic heterocycles. The van der Waals surface area contributed by atoms with Crippen molar-refractivity contribution in [3.8, 4) is 0 Å². The Bertz CT molecular complexity index is 837. The quantitative estimate of drug-likeness (QED) is 0.653. The Morgan fingerprint density at radius 1 is 1.25 bits per heavy atom. The number of hydrogen-bond acceptors (Lipinski definition) is 1. The van der Waals surface area contributed by atoms with E-state index < -0.39 is 0 Å². The lowest BCUT2D eigenvalue weighted by Gasteiger charge is -2.16. The van der Waals surface area contributed by atoms with Gasteiger partial charge in [0.2, 0.25) is 0 Å². The summed E-state index contributed by atoms with van der Waals surface area (Å²) in [6, 6.07) is 12.2. The monoisotopic (exact) mass is 306 g/mol. The fourth-order valence-electron chi connectivity index (χ4n) is 2.44. The fourth-order valence-corrected chi connectivity index (χ4v) is 3.10. The smallest absolute Gasteiger partial charge is 0.178 e. The van der Waals surface area contributed by atoms with Gasteiger partial charge in [-0.2, -0.15) is 0 Å². The van der Waals surface area contributed by atoms with Crippen LogP contribution in [-0.2, 0) is 0 Å². The molecule has 1 heterocycles. The predicted octanol–water partition coefficient (Wildman–Crippen LogP) is 5.10. The molecule has 0 amide bonds. The van der Waals surface area contributed by atoms with Crippen LogP contribution in [0.2, 0.25) is 5.02 Å². The Kier molecular flexibility index (Phi) is 3.36. The van der Waals surface area contributed by atoms with Crippen molar-refractivity contribution in [1.82, 2.24) is 9.55 Å². The van der Waals surface area contributed by atoms with Crippen LogP contribution in [-0.4, -0.2) is 9.55 Å². The largest absolute Gasteiger partial charge is 0.330 e. The molecule has 5 heteroatoms. The van der Waals surface area contributed by atoms with Crippen LogP contribution in [0.4, 0.5) is 4.39 Å². The molecule has 0 spiro atoms. The molecule has 0 aliphatic rings. The van der Waals surface area contributed by atoms with Gasteiger partial charge in [0.1, 0.15) is 5.82 Å². The number of H-pyrrole nitrogens is 1. The first kappa shape index (κ1) is 13.3. The summed E-state index contributed by atoms with van der Waals surface area (Å²) in [5.74, 6) is -0.286. The van der Waals surface area contributed by atoms with E-state index in [4.69, 9.17) is 23.8 Å². The topological polar surface area (TPSA) is 20.7 Å². The molecule has 0 aliphatic carbocycles. The van der Waals surface area contributed by atoms with Crippen molar-refractivity contribution in [2.45, 2.75) is 13.0 Å². The van der Waals surface area contributed by atoms with Crippen LogP contribution >= 0.6 is 23.8 Å². The van der Waals surface area contributed by atoms with Crippen molar-refractivity contribution in [1.29, 1.82) is 0 Å². The van der Waals surface area contributed by atoms with E-state index in [1.54, 1.807) is 6.07 Å². The van der Waals surface area contributed by atoms with Gasteiger partial charge >= 0.3 is 0 Å². The molecule has 1 unspecified atom stereocenters. The maximum Gasteiger partial charge on any atom is 0.178 e. The molecular formula is C15H12ClFN2S. The van der Waals surface area contributed by atoms with E-state index in [1.807, 2.05) is 35.8 Å². The second kappa shape index (κ2) is 5.04. The molecule has 3 aromatic rings. The zero-order chi connectivity index (χ0) is 14.3. The number of nitrogens with one attached hydrogen (secondary N) is 1. The summed E-state index contributed by atoms with van der Waals surface area (Å²) < 4.78 is 15.8. The van der Waals surface area contributed by atoms with Gasteiger partial charge in [0, 0.05) is 5.02 Å². The highest BCUT2D eigenvalue weighted by molar-refractivity contribution is 7.71. The van der Waals surface area contributed by atoms with E-state index >= 15 is 0 Å². The average Bonchev–Trinajstić information content (AvgIpc) is 2.73. The third kappa shape index (κ3) is 2.15. The molecular weight excluding hydrogens is 295 g/mol. The summed E-state index contributed by atoms with van der Waals surface area (Å²) >= 11 is 11.6. The first-order valence-electron chi connectivity index (χ1n) is 6.22. The highest BCUT2D eigenvalue weighted by Crippen LogP contribution is 2.29. The molecule has 0 saturated carbocycles. The molecule has 20 heavy (non-hydrogen) atoms. The van der Waals surface area contributed by atoms with Gasteiger partial charge in [-0.15, -0.1) is 0 Å². The van der Waals surface area contributed by atoms with Gasteiger partial charge in [-0.05, 0) is 49.0 Å². The van der Waals surface area contributed by atoms with Gasteiger partial charge in [0.15, 0.2) is 4.77 Å². The van der Waals surface area contributed by atoms with Crippen molar-refractivity contribution in [2.24, 2.45) is 0 Å². The van der Waals surface area contributed by atoms with Crippen molar-refractivity contribution in [3.63, 3.8) is 0 Å². The van der Waals surface area contributed by atoms with E-state index in [1.165, 1.54) is 12.1 Å². The number of rotatable bonds is 2. The number of nitrogens with zero attached hydrogens (tertiary/aromatic N) is 1. The normalized spacial score (nSPS) is 12.8. The third-order valence-corrected chi connectivity index (χ3v) is 4.06. The molecule has 102 valence electrons. The lowest BCUT2D eigenvalue weighted by atomic mass is 10.1. The minimum absolute atomic E-state index is 0.0320. The Hall–Kier alpha value is -1.65. The second-order valence-corrected chi connectivity index (χ2v) is 5.45. The minimum Gasteiger partial charge on any atom is -0.330 e. The number of benzene rings is 2. The SMILES string of the molecule is CC(c1ccccc1Cl)n1c(=S)[nH]c2cc(F)ccc21. The van der Waals surface area contributed by atoms with Crippen molar-refractivity contribution < 1.29 is 4.39 Å². The number of imidazole rings is 1. The molecule has 3 rings (SSSR count). The van der Waals surface area contributed by atoms with Crippen LogP contribution in [0.3, 0.4) is 0 Å². The first-order valence-corrected chi connectivity index (χ1v) is 7.01. The van der Waals surface area contributed by atoms with E-state index in [0.717, 1.165) is 11.1 Å². The number of halogens is 2. The van der Waals surface area contributed by atoms with Crippen LogP contribution in [0.5, 0.6) is 0 Å². The van der Waals surface area contributed by atoms with Crippen LogP contribution in [0.1, 0.15) is 18.5 Å². The molecule has 0 bridgehead atoms. The maximum atomic E-state index is 13.3. The minimum atomic E-state index is -0.286. The Morgan fingerprint density at radius 2 is 2.00 bits per heavy atom. The summed E-state index contributed by atoms with van der Waals surface area (Å²) in [5.41, 5.74) is 2.54. The molecule has 2 nitrogen and oxygen atoms in total. The van der Waals surface area contributed by atoms with Crippen molar-refractivity contribution in [3.05, 3.63) is 63.6 Å². The van der Waals surface area contributed by atoms with Crippen LogP contribution in [0.15, 0.2) is 42.5 Å². The molecule has 1 N–H and O–H groups in total. The molecule has 0 saturated heterocycles. The zero-order valence-electron chi connectivity index (χ0n) is 10.7. The van der Waals surface area contributed by atoms with E-state index in [2.05, 4.69) is 4.98 Å². The summed E-state index contributed by atoms with van der Waals surface area (Å²) in [6.45, 7) is 2.02. The van der Waals surface area contributed by atoms with Crippen molar-refractivity contribution in [2.75, 3.05) is 0 Å². The maximum absolute atomic E-state index is 13.3.